The third-order valence-electron chi connectivity index (χ3n) is 4.59. The van der Waals surface area contributed by atoms with Crippen LogP contribution in [0.5, 0.6) is 0 Å². The number of benzene rings is 1. The summed E-state index contributed by atoms with van der Waals surface area (Å²) in [7, 11) is 0. The van der Waals surface area contributed by atoms with Crippen LogP contribution in [0.3, 0.4) is 0 Å². The quantitative estimate of drug-likeness (QED) is 0.506. The van der Waals surface area contributed by atoms with Gasteiger partial charge in [0.2, 0.25) is 5.89 Å². The monoisotopic (exact) mass is 429 g/mol. The first-order valence-electron chi connectivity index (χ1n) is 9.07. The van der Waals surface area contributed by atoms with Gasteiger partial charge in [-0.25, -0.2) is 0 Å². The van der Waals surface area contributed by atoms with Crippen molar-refractivity contribution in [3.63, 3.8) is 0 Å². The number of aromatic nitrogens is 4. The van der Waals surface area contributed by atoms with Gasteiger partial charge in [0, 0.05) is 17.3 Å². The highest BCUT2D eigenvalue weighted by molar-refractivity contribution is 7.20. The van der Waals surface area contributed by atoms with Crippen LogP contribution in [0.15, 0.2) is 34.9 Å². The largest absolute Gasteiger partial charge is 0.340 e. The number of thiophene rings is 1. The highest BCUT2D eigenvalue weighted by Crippen LogP contribution is 2.30. The van der Waals surface area contributed by atoms with E-state index in [4.69, 9.17) is 16.1 Å². The SMILES string of the molecule is Cc1nc(C(C)(C)NC(=O)c2cc3c(C)nn(Cc4ccc(Cl)cc4)c3s2)no1. The number of halogens is 1. The van der Waals surface area contributed by atoms with Crippen molar-refractivity contribution in [1.29, 1.82) is 0 Å². The number of amides is 1. The Kier molecular flexibility index (Phi) is 4.92. The molecule has 0 radical (unpaired) electrons. The van der Waals surface area contributed by atoms with Gasteiger partial charge in [-0.3, -0.25) is 9.48 Å². The molecule has 0 bridgehead atoms. The van der Waals surface area contributed by atoms with Crippen molar-refractivity contribution in [2.45, 2.75) is 39.8 Å². The Hall–Kier alpha value is -2.71. The zero-order valence-corrected chi connectivity index (χ0v) is 18.1. The van der Waals surface area contributed by atoms with E-state index in [1.807, 2.05) is 55.8 Å². The van der Waals surface area contributed by atoms with Crippen molar-refractivity contribution in [2.24, 2.45) is 0 Å². The minimum absolute atomic E-state index is 0.184. The predicted molar refractivity (Wildman–Crippen MR) is 112 cm³/mol. The van der Waals surface area contributed by atoms with Gasteiger partial charge in [-0.1, -0.05) is 28.9 Å². The number of fused-ring (bicyclic) bond motifs is 1. The third-order valence-corrected chi connectivity index (χ3v) is 5.99. The fourth-order valence-electron chi connectivity index (χ4n) is 3.05. The number of nitrogens with zero attached hydrogens (tertiary/aromatic N) is 4. The van der Waals surface area contributed by atoms with Crippen LogP contribution in [0.2, 0.25) is 5.02 Å². The zero-order chi connectivity index (χ0) is 20.8. The topological polar surface area (TPSA) is 85.8 Å². The molecule has 1 amide bonds. The average Bonchev–Trinajstić information content (AvgIpc) is 3.35. The van der Waals surface area contributed by atoms with Gasteiger partial charge in [0.25, 0.3) is 5.91 Å². The maximum atomic E-state index is 12.9. The number of hydrogen-bond donors (Lipinski definition) is 1. The van der Waals surface area contributed by atoms with Crippen LogP contribution in [0, 0.1) is 13.8 Å². The van der Waals surface area contributed by atoms with Crippen molar-refractivity contribution >= 4 is 39.1 Å². The third kappa shape index (κ3) is 3.90. The average molecular weight is 430 g/mol. The van der Waals surface area contributed by atoms with Crippen LogP contribution in [0.4, 0.5) is 0 Å². The fraction of sp³-hybridized carbons (Fsp3) is 0.300. The van der Waals surface area contributed by atoms with E-state index in [9.17, 15) is 4.79 Å². The van der Waals surface area contributed by atoms with Gasteiger partial charge >= 0.3 is 0 Å². The van der Waals surface area contributed by atoms with Crippen molar-refractivity contribution in [1.82, 2.24) is 25.2 Å². The molecular formula is C20H20ClN5O2S. The first-order chi connectivity index (χ1) is 13.7. The molecular weight excluding hydrogens is 410 g/mol. The van der Waals surface area contributed by atoms with Gasteiger partial charge < -0.3 is 9.84 Å². The molecule has 4 rings (SSSR count). The summed E-state index contributed by atoms with van der Waals surface area (Å²) in [5.74, 6) is 0.716. The number of hydrogen-bond acceptors (Lipinski definition) is 6. The van der Waals surface area contributed by atoms with Crippen molar-refractivity contribution in [3.8, 4) is 0 Å². The minimum atomic E-state index is -0.755. The Labute approximate surface area is 176 Å². The number of rotatable bonds is 5. The molecule has 0 fully saturated rings. The minimum Gasteiger partial charge on any atom is -0.340 e. The molecule has 1 N–H and O–H groups in total. The fourth-order valence-corrected chi connectivity index (χ4v) is 4.23. The normalized spacial score (nSPS) is 11.9. The molecule has 1 aromatic carbocycles. The lowest BCUT2D eigenvalue weighted by Gasteiger charge is -2.21. The van der Waals surface area contributed by atoms with Gasteiger partial charge in [-0.15, -0.1) is 11.3 Å². The van der Waals surface area contributed by atoms with Crippen LogP contribution >= 0.6 is 22.9 Å². The molecule has 3 aromatic heterocycles. The second kappa shape index (κ2) is 7.27. The summed E-state index contributed by atoms with van der Waals surface area (Å²) in [6.07, 6.45) is 0. The maximum Gasteiger partial charge on any atom is 0.262 e. The summed E-state index contributed by atoms with van der Waals surface area (Å²) in [5, 5.41) is 13.2. The first kappa shape index (κ1) is 19.6. The lowest BCUT2D eigenvalue weighted by molar-refractivity contribution is 0.0911. The molecule has 0 saturated carbocycles. The van der Waals surface area contributed by atoms with Crippen LogP contribution in [-0.4, -0.2) is 25.8 Å². The van der Waals surface area contributed by atoms with E-state index in [1.165, 1.54) is 11.3 Å². The number of aryl methyl sites for hydroxylation is 2. The molecule has 0 aliphatic rings. The molecule has 0 spiro atoms. The van der Waals surface area contributed by atoms with Gasteiger partial charge in [-0.05, 0) is 44.5 Å². The highest BCUT2D eigenvalue weighted by atomic mass is 35.5. The number of carbonyl (C=O) groups excluding carboxylic acids is 1. The maximum absolute atomic E-state index is 12.9. The Morgan fingerprint density at radius 2 is 2.00 bits per heavy atom. The number of nitrogens with one attached hydrogen (secondary N) is 1. The highest BCUT2D eigenvalue weighted by Gasteiger charge is 2.29. The summed E-state index contributed by atoms with van der Waals surface area (Å²) in [5.41, 5.74) is 1.22. The van der Waals surface area contributed by atoms with E-state index in [1.54, 1.807) is 6.92 Å². The lowest BCUT2D eigenvalue weighted by Crippen LogP contribution is -2.41. The molecule has 3 heterocycles. The number of carbonyl (C=O) groups is 1. The van der Waals surface area contributed by atoms with E-state index in [2.05, 4.69) is 20.6 Å². The van der Waals surface area contributed by atoms with E-state index >= 15 is 0 Å². The molecule has 150 valence electrons. The van der Waals surface area contributed by atoms with Crippen LogP contribution < -0.4 is 5.32 Å². The second-order valence-electron chi connectivity index (χ2n) is 7.42. The van der Waals surface area contributed by atoms with Crippen molar-refractivity contribution in [2.75, 3.05) is 0 Å². The molecule has 0 aliphatic carbocycles. The molecule has 0 saturated heterocycles. The zero-order valence-electron chi connectivity index (χ0n) is 16.5. The summed E-state index contributed by atoms with van der Waals surface area (Å²) < 4.78 is 6.96. The van der Waals surface area contributed by atoms with E-state index in [0.717, 1.165) is 21.5 Å². The molecule has 0 atom stereocenters. The van der Waals surface area contributed by atoms with Gasteiger partial charge in [-0.2, -0.15) is 10.1 Å². The molecule has 7 nitrogen and oxygen atoms in total. The summed E-state index contributed by atoms with van der Waals surface area (Å²) >= 11 is 7.39. The van der Waals surface area contributed by atoms with Crippen LogP contribution in [-0.2, 0) is 12.1 Å². The van der Waals surface area contributed by atoms with Gasteiger partial charge in [0.05, 0.1) is 22.7 Å². The smallest absolute Gasteiger partial charge is 0.262 e. The summed E-state index contributed by atoms with van der Waals surface area (Å²) in [6.45, 7) is 7.96. The Morgan fingerprint density at radius 3 is 2.66 bits per heavy atom. The molecule has 0 unspecified atom stereocenters. The van der Waals surface area contributed by atoms with E-state index in [0.29, 0.717) is 28.2 Å². The molecule has 4 aromatic rings. The van der Waals surface area contributed by atoms with Gasteiger partial charge in [0.15, 0.2) is 5.82 Å². The Morgan fingerprint density at radius 1 is 1.28 bits per heavy atom. The van der Waals surface area contributed by atoms with Gasteiger partial charge in [0.1, 0.15) is 4.83 Å². The second-order valence-corrected chi connectivity index (χ2v) is 8.88. The molecule has 29 heavy (non-hydrogen) atoms. The summed E-state index contributed by atoms with van der Waals surface area (Å²) in [4.78, 5) is 18.7. The standard InChI is InChI=1S/C20H20ClN5O2S/c1-11-15-9-16(17(27)23-20(3,4)19-22-12(2)28-25-19)29-18(15)26(24-11)10-13-5-7-14(21)8-6-13/h5-9H,10H2,1-4H3,(H,23,27). The van der Waals surface area contributed by atoms with E-state index in [-0.39, 0.29) is 5.91 Å². The van der Waals surface area contributed by atoms with Crippen molar-refractivity contribution < 1.29 is 9.32 Å². The molecule has 0 aliphatic heterocycles. The Bertz CT molecular complexity index is 1190. The molecule has 9 heteroatoms. The van der Waals surface area contributed by atoms with E-state index < -0.39 is 5.54 Å². The predicted octanol–water partition coefficient (Wildman–Crippen LogP) is 4.46. The summed E-state index contributed by atoms with van der Waals surface area (Å²) in [6, 6.07) is 9.55. The van der Waals surface area contributed by atoms with Crippen LogP contribution in [0.1, 0.15) is 46.5 Å². The lowest BCUT2D eigenvalue weighted by atomic mass is 10.0. The van der Waals surface area contributed by atoms with Crippen molar-refractivity contribution in [3.05, 3.63) is 63.2 Å². The Balaban J connectivity index is 1.60. The van der Waals surface area contributed by atoms with Crippen LogP contribution in [0.25, 0.3) is 10.2 Å². The first-order valence-corrected chi connectivity index (χ1v) is 10.3.